The Kier molecular flexibility index (Phi) is 8.71. The quantitative estimate of drug-likeness (QED) is 0.185. The highest BCUT2D eigenvalue weighted by atomic mass is 19.4. The average Bonchev–Trinajstić information content (AvgIpc) is 3.62. The summed E-state index contributed by atoms with van der Waals surface area (Å²) in [5, 5.41) is 6.51. The smallest absolute Gasteiger partial charge is 0.435 e. The van der Waals surface area contributed by atoms with E-state index in [0.29, 0.717) is 24.5 Å². The number of hydrogen-bond donors (Lipinski definition) is 1. The number of alkyl carbamates (subject to hydrolysis) is 1. The van der Waals surface area contributed by atoms with Crippen LogP contribution in [0.25, 0.3) is 17.2 Å². The fourth-order valence-electron chi connectivity index (χ4n) is 5.70. The number of carbonyl (C=O) groups excluding carboxylic acids is 2. The third-order valence-electron chi connectivity index (χ3n) is 8.05. The second kappa shape index (κ2) is 12.7. The molecule has 5 heterocycles. The van der Waals surface area contributed by atoms with Crippen LogP contribution >= 0.6 is 0 Å². The van der Waals surface area contributed by atoms with E-state index < -0.39 is 35.2 Å². The summed E-state index contributed by atoms with van der Waals surface area (Å²) < 4.78 is 71.7. The predicted molar refractivity (Wildman–Crippen MR) is 172 cm³/mol. The lowest BCUT2D eigenvalue weighted by molar-refractivity contribution is -0.141. The highest BCUT2D eigenvalue weighted by molar-refractivity contribution is 6.15. The lowest BCUT2D eigenvalue weighted by Crippen LogP contribution is -2.60. The third-order valence-corrected chi connectivity index (χ3v) is 8.05. The molecule has 3 aromatic heterocycles. The zero-order valence-electron chi connectivity index (χ0n) is 27.6. The minimum Gasteiger partial charge on any atom is -0.487 e. The molecule has 0 aliphatic carbocycles. The van der Waals surface area contributed by atoms with Gasteiger partial charge in [-0.15, -0.1) is 0 Å². The van der Waals surface area contributed by atoms with Gasteiger partial charge in [-0.1, -0.05) is 0 Å². The maximum absolute atomic E-state index is 14.9. The number of ether oxygens (including phenoxy) is 2. The van der Waals surface area contributed by atoms with Gasteiger partial charge in [-0.2, -0.15) is 18.3 Å². The number of rotatable bonds is 7. The van der Waals surface area contributed by atoms with E-state index >= 15 is 0 Å². The van der Waals surface area contributed by atoms with Gasteiger partial charge in [0.1, 0.15) is 23.8 Å². The predicted octanol–water partition coefficient (Wildman–Crippen LogP) is 6.05. The Hall–Kier alpha value is -5.21. The molecule has 0 spiro atoms. The summed E-state index contributed by atoms with van der Waals surface area (Å²) in [4.78, 5) is 36.4. The summed E-state index contributed by atoms with van der Waals surface area (Å²) in [6.45, 7) is 9.54. The van der Waals surface area contributed by atoms with Crippen molar-refractivity contribution in [2.45, 2.75) is 65.5 Å². The van der Waals surface area contributed by atoms with Crippen LogP contribution in [0.15, 0.2) is 48.4 Å². The third kappa shape index (κ3) is 7.15. The number of nitrogens with zero attached hydrogens (tertiary/aromatic N) is 6. The van der Waals surface area contributed by atoms with E-state index in [2.05, 4.69) is 20.4 Å². The maximum Gasteiger partial charge on any atom is 0.435 e. The van der Waals surface area contributed by atoms with Gasteiger partial charge in [0.25, 0.3) is 0 Å². The second-order valence-electron chi connectivity index (χ2n) is 12.9. The molecule has 2 aliphatic heterocycles. The van der Waals surface area contributed by atoms with E-state index in [0.717, 1.165) is 0 Å². The van der Waals surface area contributed by atoms with E-state index in [-0.39, 0.29) is 65.3 Å². The van der Waals surface area contributed by atoms with Crippen LogP contribution in [0.1, 0.15) is 60.8 Å². The van der Waals surface area contributed by atoms with Gasteiger partial charge in [0, 0.05) is 61.5 Å². The molecule has 49 heavy (non-hydrogen) atoms. The molecule has 4 aromatic rings. The number of anilines is 1. The minimum absolute atomic E-state index is 0.0197. The van der Waals surface area contributed by atoms with Crippen LogP contribution in [-0.2, 0) is 24.0 Å². The Balaban J connectivity index is 1.31. The number of benzene rings is 1. The van der Waals surface area contributed by atoms with Gasteiger partial charge < -0.3 is 24.3 Å². The monoisotopic (exact) mass is 681 g/mol. The van der Waals surface area contributed by atoms with Gasteiger partial charge >= 0.3 is 12.3 Å². The number of hydrogen-bond acceptors (Lipinski definition) is 8. The number of nitrogens with one attached hydrogen (secondary N) is 1. The van der Waals surface area contributed by atoms with Crippen LogP contribution < -0.4 is 15.0 Å². The molecule has 2 aliphatic rings. The van der Waals surface area contributed by atoms with Crippen molar-refractivity contribution >= 4 is 23.8 Å². The molecule has 0 radical (unpaired) electrons. The first-order chi connectivity index (χ1) is 23.1. The molecule has 1 saturated heterocycles. The lowest BCUT2D eigenvalue weighted by Gasteiger charge is -2.40. The largest absolute Gasteiger partial charge is 0.487 e. The molecule has 1 N–H and O–H groups in total. The molecule has 6 rings (SSSR count). The molecular formula is C34H35F4N7O4. The van der Waals surface area contributed by atoms with Gasteiger partial charge in [0.15, 0.2) is 23.1 Å². The van der Waals surface area contributed by atoms with Crippen molar-refractivity contribution in [3.8, 4) is 16.9 Å². The zero-order valence-corrected chi connectivity index (χ0v) is 27.6. The molecule has 11 nitrogen and oxygen atoms in total. The molecule has 258 valence electrons. The molecule has 0 unspecified atom stereocenters. The topological polar surface area (TPSA) is 116 Å². The highest BCUT2D eigenvalue weighted by Crippen LogP contribution is 2.44. The number of pyridine rings is 1. The number of ketones is 1. The number of Topliss-reactive ketones (excluding diaryl/α,β-unsaturated/α-hetero) is 1. The molecule has 0 saturated carbocycles. The Morgan fingerprint density at radius 1 is 1.14 bits per heavy atom. The van der Waals surface area contributed by atoms with Gasteiger partial charge in [-0.3, -0.25) is 9.48 Å². The number of halogens is 4. The number of carbonyl (C=O) groups is 2. The van der Waals surface area contributed by atoms with Crippen LogP contribution in [0.2, 0.25) is 0 Å². The van der Waals surface area contributed by atoms with E-state index in [1.807, 2.05) is 4.57 Å². The van der Waals surface area contributed by atoms with Crippen molar-refractivity contribution < 1.29 is 36.6 Å². The van der Waals surface area contributed by atoms with Crippen LogP contribution in [0.3, 0.4) is 0 Å². The fraction of sp³-hybridized carbons (Fsp3) is 0.382. The number of aryl methyl sites for hydroxylation is 2. The molecule has 15 heteroatoms. The normalized spacial score (nSPS) is 16.0. The number of amides is 1. The maximum atomic E-state index is 14.9. The number of fused-ring (bicyclic) bond motifs is 1. The van der Waals surface area contributed by atoms with E-state index in [9.17, 15) is 27.2 Å². The second-order valence-corrected chi connectivity index (χ2v) is 12.9. The fourth-order valence-corrected chi connectivity index (χ4v) is 5.70. The Bertz CT molecular complexity index is 1950. The Morgan fingerprint density at radius 3 is 2.53 bits per heavy atom. The Labute approximate surface area is 279 Å². The molecule has 0 atom stereocenters. The van der Waals surface area contributed by atoms with E-state index in [1.54, 1.807) is 64.0 Å². The summed E-state index contributed by atoms with van der Waals surface area (Å²) in [5.74, 6) is -0.280. The van der Waals surface area contributed by atoms with Crippen LogP contribution in [0.4, 0.5) is 28.2 Å². The van der Waals surface area contributed by atoms with Crippen molar-refractivity contribution in [2.24, 2.45) is 0 Å². The summed E-state index contributed by atoms with van der Waals surface area (Å²) in [5.41, 5.74) is -0.731. The molecule has 0 bridgehead atoms. The lowest BCUT2D eigenvalue weighted by atomic mass is 9.91. The standard InChI is InChI=1S/C34H35F4N7O4/c1-6-45-17-26(30(42-45)34(36,37)38)24-11-20(14-43-10-9-39-19(43)2)12-25-28(46)21(18-48-29(24)25)13-22-7-8-27(35)31(40-22)44-15-23(16-44)41-32(47)49-33(3,4)5/h7-13,17,23H,6,14-16,18H2,1-5H3,(H,41,47)/b21-13+. The number of imidazole rings is 1. The summed E-state index contributed by atoms with van der Waals surface area (Å²) >= 11 is 0. The van der Waals surface area contributed by atoms with Crippen LogP contribution in [0, 0.1) is 12.7 Å². The van der Waals surface area contributed by atoms with Gasteiger partial charge in [-0.25, -0.2) is 19.2 Å². The first-order valence-corrected chi connectivity index (χ1v) is 15.7. The molecule has 1 fully saturated rings. The SMILES string of the molecule is CCn1cc(-c2cc(Cn3ccnc3C)cc3c2OC/C(=C\c2ccc(F)c(N4CC(NC(=O)OC(C)(C)C)C4)n2)C3=O)c(C(F)(F)F)n1. The molecule has 1 amide bonds. The minimum atomic E-state index is -4.75. The van der Waals surface area contributed by atoms with Gasteiger partial charge in [0.2, 0.25) is 0 Å². The zero-order chi connectivity index (χ0) is 35.2. The molecule has 1 aromatic carbocycles. The van der Waals surface area contributed by atoms with Crippen molar-refractivity contribution in [1.82, 2.24) is 29.6 Å². The Morgan fingerprint density at radius 2 is 1.88 bits per heavy atom. The van der Waals surface area contributed by atoms with Crippen molar-refractivity contribution in [3.63, 3.8) is 0 Å². The van der Waals surface area contributed by atoms with Crippen LogP contribution in [0.5, 0.6) is 5.75 Å². The van der Waals surface area contributed by atoms with Crippen molar-refractivity contribution in [2.75, 3.05) is 24.6 Å². The average molecular weight is 682 g/mol. The highest BCUT2D eigenvalue weighted by Gasteiger charge is 2.39. The first-order valence-electron chi connectivity index (χ1n) is 15.7. The summed E-state index contributed by atoms with van der Waals surface area (Å²) in [6, 6.07) is 5.58. The van der Waals surface area contributed by atoms with Crippen molar-refractivity contribution in [1.29, 1.82) is 0 Å². The molecular weight excluding hydrogens is 646 g/mol. The van der Waals surface area contributed by atoms with Crippen LogP contribution in [-0.4, -0.2) is 67.5 Å². The van der Waals surface area contributed by atoms with E-state index in [1.165, 1.54) is 29.1 Å². The number of aromatic nitrogens is 5. The summed E-state index contributed by atoms with van der Waals surface area (Å²) in [7, 11) is 0. The van der Waals surface area contributed by atoms with Crippen molar-refractivity contribution in [3.05, 3.63) is 82.6 Å². The number of alkyl halides is 3. The van der Waals surface area contributed by atoms with Gasteiger partial charge in [-0.05, 0) is 70.5 Å². The van der Waals surface area contributed by atoms with E-state index in [4.69, 9.17) is 9.47 Å². The first kappa shape index (κ1) is 33.7. The summed E-state index contributed by atoms with van der Waals surface area (Å²) in [6.07, 6.45) is 0.807. The van der Waals surface area contributed by atoms with Gasteiger partial charge in [0.05, 0.1) is 17.3 Å².